The highest BCUT2D eigenvalue weighted by molar-refractivity contribution is 7.10. The van der Waals surface area contributed by atoms with Gasteiger partial charge in [0.15, 0.2) is 0 Å². The minimum absolute atomic E-state index is 0.247. The van der Waals surface area contributed by atoms with E-state index in [1.807, 2.05) is 11.3 Å². The molecule has 0 saturated carbocycles. The van der Waals surface area contributed by atoms with E-state index in [4.69, 9.17) is 5.73 Å². The molecule has 1 atom stereocenters. The van der Waals surface area contributed by atoms with Gasteiger partial charge < -0.3 is 11.1 Å². The summed E-state index contributed by atoms with van der Waals surface area (Å²) in [5.41, 5.74) is 9.21. The summed E-state index contributed by atoms with van der Waals surface area (Å²) in [4.78, 5) is 1.46. The summed E-state index contributed by atoms with van der Waals surface area (Å²) in [6.45, 7) is 1.76. The molecule has 3 N–H and O–H groups in total. The van der Waals surface area contributed by atoms with Crippen molar-refractivity contribution in [2.24, 2.45) is 0 Å². The second kappa shape index (κ2) is 4.85. The Labute approximate surface area is 116 Å². The first-order chi connectivity index (χ1) is 9.15. The quantitative estimate of drug-likeness (QED) is 0.804. The Morgan fingerprint density at radius 1 is 1.42 bits per heavy atom. The summed E-state index contributed by atoms with van der Waals surface area (Å²) in [5.74, 6) is -0.247. The molecule has 1 unspecified atom stereocenters. The van der Waals surface area contributed by atoms with Crippen molar-refractivity contribution in [3.63, 3.8) is 0 Å². The number of fused-ring (bicyclic) bond motifs is 1. The number of hydrogen-bond donors (Lipinski definition) is 2. The molecule has 0 aliphatic heterocycles. The number of aryl methyl sites for hydroxylation is 2. The Balaban J connectivity index is 1.89. The van der Waals surface area contributed by atoms with E-state index in [-0.39, 0.29) is 5.82 Å². The third-order valence-corrected chi connectivity index (χ3v) is 4.71. The van der Waals surface area contributed by atoms with Crippen molar-refractivity contribution in [3.05, 3.63) is 45.4 Å². The molecule has 19 heavy (non-hydrogen) atoms. The third kappa shape index (κ3) is 2.32. The summed E-state index contributed by atoms with van der Waals surface area (Å²) in [6.07, 6.45) is 3.45. The van der Waals surface area contributed by atoms with Crippen LogP contribution >= 0.6 is 11.3 Å². The summed E-state index contributed by atoms with van der Waals surface area (Å²) in [6, 6.07) is 5.67. The van der Waals surface area contributed by atoms with E-state index >= 15 is 0 Å². The summed E-state index contributed by atoms with van der Waals surface area (Å²) in [5, 5.41) is 5.62. The fourth-order valence-corrected chi connectivity index (χ4v) is 3.63. The zero-order chi connectivity index (χ0) is 13.4. The van der Waals surface area contributed by atoms with Crippen LogP contribution in [0.5, 0.6) is 0 Å². The second-order valence-corrected chi connectivity index (χ2v) is 6.08. The molecule has 1 heterocycles. The van der Waals surface area contributed by atoms with Crippen molar-refractivity contribution in [3.8, 4) is 0 Å². The predicted molar refractivity (Wildman–Crippen MR) is 79.2 cm³/mol. The van der Waals surface area contributed by atoms with E-state index in [0.29, 0.717) is 17.3 Å². The summed E-state index contributed by atoms with van der Waals surface area (Å²) < 4.78 is 13.4. The zero-order valence-electron chi connectivity index (χ0n) is 10.9. The van der Waals surface area contributed by atoms with Gasteiger partial charge in [0.05, 0.1) is 17.4 Å². The number of nitrogen functional groups attached to an aromatic ring is 1. The van der Waals surface area contributed by atoms with Gasteiger partial charge >= 0.3 is 0 Å². The molecule has 2 nitrogen and oxygen atoms in total. The fraction of sp³-hybridized carbons (Fsp3) is 0.333. The monoisotopic (exact) mass is 276 g/mol. The fourth-order valence-electron chi connectivity index (χ4n) is 2.65. The molecule has 0 fully saturated rings. The Hall–Kier alpha value is -1.55. The van der Waals surface area contributed by atoms with Gasteiger partial charge in [-0.3, -0.25) is 0 Å². The molecule has 1 aromatic heterocycles. The molecule has 2 aromatic rings. The molecule has 0 spiro atoms. The maximum Gasteiger partial charge on any atom is 0.128 e. The Morgan fingerprint density at radius 3 is 3.11 bits per heavy atom. The van der Waals surface area contributed by atoms with Gasteiger partial charge in [0.1, 0.15) is 5.82 Å². The van der Waals surface area contributed by atoms with E-state index in [0.717, 1.165) is 12.1 Å². The van der Waals surface area contributed by atoms with Gasteiger partial charge in [-0.05, 0) is 60.9 Å². The molecule has 0 radical (unpaired) electrons. The molecule has 0 amide bonds. The maximum atomic E-state index is 13.4. The molecule has 1 aliphatic rings. The number of halogens is 1. The molecule has 0 saturated heterocycles. The average molecular weight is 276 g/mol. The number of hydrogen-bond acceptors (Lipinski definition) is 3. The molecule has 3 rings (SSSR count). The van der Waals surface area contributed by atoms with Crippen molar-refractivity contribution in [1.82, 2.24) is 0 Å². The summed E-state index contributed by atoms with van der Waals surface area (Å²) in [7, 11) is 0. The van der Waals surface area contributed by atoms with E-state index in [1.54, 1.807) is 13.0 Å². The third-order valence-electron chi connectivity index (χ3n) is 3.71. The van der Waals surface area contributed by atoms with E-state index in [9.17, 15) is 4.39 Å². The van der Waals surface area contributed by atoms with Crippen LogP contribution in [0.2, 0.25) is 0 Å². The standard InChI is InChI=1S/C15H17FN2S/c1-9-7-14(12(17)8-11(9)16)18-13-3-2-4-15-10(13)5-6-19-15/h5-8,13,18H,2-4,17H2,1H3. The van der Waals surface area contributed by atoms with Gasteiger partial charge in [-0.1, -0.05) is 0 Å². The van der Waals surface area contributed by atoms with Crippen LogP contribution in [0.4, 0.5) is 15.8 Å². The van der Waals surface area contributed by atoms with Crippen LogP contribution in [0.1, 0.15) is 34.9 Å². The summed E-state index contributed by atoms with van der Waals surface area (Å²) >= 11 is 1.82. The lowest BCUT2D eigenvalue weighted by Gasteiger charge is -2.25. The molecule has 100 valence electrons. The number of nitrogens with two attached hydrogens (primary N) is 1. The van der Waals surface area contributed by atoms with Crippen molar-refractivity contribution in [2.75, 3.05) is 11.1 Å². The highest BCUT2D eigenvalue weighted by Crippen LogP contribution is 2.36. The zero-order valence-corrected chi connectivity index (χ0v) is 11.7. The first-order valence-electron chi connectivity index (χ1n) is 6.53. The SMILES string of the molecule is Cc1cc(NC2CCCc3sccc32)c(N)cc1F. The molecular weight excluding hydrogens is 259 g/mol. The highest BCUT2D eigenvalue weighted by Gasteiger charge is 2.21. The number of rotatable bonds is 2. The van der Waals surface area contributed by atoms with E-state index in [2.05, 4.69) is 16.8 Å². The molecule has 1 aliphatic carbocycles. The van der Waals surface area contributed by atoms with Gasteiger partial charge in [0, 0.05) is 4.88 Å². The highest BCUT2D eigenvalue weighted by atomic mass is 32.1. The van der Waals surface area contributed by atoms with Crippen LogP contribution in [0.15, 0.2) is 23.6 Å². The van der Waals surface area contributed by atoms with E-state index in [1.165, 1.54) is 29.3 Å². The minimum Gasteiger partial charge on any atom is -0.397 e. The maximum absolute atomic E-state index is 13.4. The van der Waals surface area contributed by atoms with Crippen LogP contribution < -0.4 is 11.1 Å². The second-order valence-electron chi connectivity index (χ2n) is 5.08. The van der Waals surface area contributed by atoms with Crippen molar-refractivity contribution >= 4 is 22.7 Å². The molecule has 1 aromatic carbocycles. The normalized spacial score (nSPS) is 18.1. The average Bonchev–Trinajstić information content (AvgIpc) is 2.85. The molecule has 0 bridgehead atoms. The smallest absolute Gasteiger partial charge is 0.128 e. The van der Waals surface area contributed by atoms with Crippen LogP contribution in [-0.4, -0.2) is 0 Å². The Kier molecular flexibility index (Phi) is 3.19. The van der Waals surface area contributed by atoms with Gasteiger partial charge in [-0.15, -0.1) is 11.3 Å². The van der Waals surface area contributed by atoms with Gasteiger partial charge in [0.2, 0.25) is 0 Å². The predicted octanol–water partition coefficient (Wildman–Crippen LogP) is 4.27. The lowest BCUT2D eigenvalue weighted by atomic mass is 9.93. The number of nitrogens with one attached hydrogen (secondary N) is 1. The Morgan fingerprint density at radius 2 is 2.26 bits per heavy atom. The first-order valence-corrected chi connectivity index (χ1v) is 7.41. The lowest BCUT2D eigenvalue weighted by Crippen LogP contribution is -2.16. The first kappa shape index (κ1) is 12.5. The largest absolute Gasteiger partial charge is 0.397 e. The van der Waals surface area contributed by atoms with Crippen LogP contribution in [0.3, 0.4) is 0 Å². The van der Waals surface area contributed by atoms with Crippen LogP contribution in [-0.2, 0) is 6.42 Å². The van der Waals surface area contributed by atoms with Crippen molar-refractivity contribution in [2.45, 2.75) is 32.2 Å². The number of anilines is 2. The van der Waals surface area contributed by atoms with Gasteiger partial charge in [-0.25, -0.2) is 4.39 Å². The van der Waals surface area contributed by atoms with Crippen molar-refractivity contribution in [1.29, 1.82) is 0 Å². The van der Waals surface area contributed by atoms with Gasteiger partial charge in [-0.2, -0.15) is 0 Å². The lowest BCUT2D eigenvalue weighted by molar-refractivity contribution is 0.606. The van der Waals surface area contributed by atoms with Crippen LogP contribution in [0, 0.1) is 12.7 Å². The van der Waals surface area contributed by atoms with Crippen molar-refractivity contribution < 1.29 is 4.39 Å². The molecular formula is C15H17FN2S. The Bertz CT molecular complexity index is 606. The van der Waals surface area contributed by atoms with Crippen LogP contribution in [0.25, 0.3) is 0 Å². The minimum atomic E-state index is -0.247. The number of thiophene rings is 1. The van der Waals surface area contributed by atoms with Gasteiger partial charge in [0.25, 0.3) is 0 Å². The topological polar surface area (TPSA) is 38.0 Å². The van der Waals surface area contributed by atoms with E-state index < -0.39 is 0 Å². The molecule has 4 heteroatoms. The number of benzene rings is 1.